The number of aliphatic carboxylic acids is 1. The van der Waals surface area contributed by atoms with Crippen LogP contribution in [0.4, 0.5) is 4.79 Å². The first-order chi connectivity index (χ1) is 12.0. The number of hydrogen-bond acceptors (Lipinski definition) is 4. The van der Waals surface area contributed by atoms with Crippen LogP contribution in [0.2, 0.25) is 0 Å². The van der Waals surface area contributed by atoms with Crippen molar-refractivity contribution < 1.29 is 24.2 Å². The lowest BCUT2D eigenvalue weighted by molar-refractivity contribution is -0.146. The maximum atomic E-state index is 12.2. The van der Waals surface area contributed by atoms with E-state index in [4.69, 9.17) is 9.47 Å². The molecule has 0 saturated carbocycles. The number of carbonyl (C=O) groups is 2. The van der Waals surface area contributed by atoms with E-state index in [1.54, 1.807) is 20.8 Å². The van der Waals surface area contributed by atoms with Crippen molar-refractivity contribution in [3.05, 3.63) is 0 Å². The highest BCUT2D eigenvalue weighted by atomic mass is 16.6. The summed E-state index contributed by atoms with van der Waals surface area (Å²) in [6, 6.07) is -0.937. The zero-order chi connectivity index (χ0) is 20.5. The lowest BCUT2D eigenvalue weighted by Gasteiger charge is -2.28. The van der Waals surface area contributed by atoms with Gasteiger partial charge in [-0.2, -0.15) is 0 Å². The van der Waals surface area contributed by atoms with E-state index in [-0.39, 0.29) is 5.92 Å². The molecule has 0 aliphatic carbocycles. The second-order valence-electron chi connectivity index (χ2n) is 8.24. The average Bonchev–Trinajstić information content (AvgIpc) is 2.71. The summed E-state index contributed by atoms with van der Waals surface area (Å²) in [5, 5.41) is 9.43. The maximum absolute atomic E-state index is 12.2. The Bertz CT molecular complexity index is 428. The zero-order valence-corrected chi connectivity index (χ0v) is 17.9. The van der Waals surface area contributed by atoms with Crippen LogP contribution in [0, 0.1) is 11.8 Å². The van der Waals surface area contributed by atoms with Crippen molar-refractivity contribution in [2.45, 2.75) is 92.4 Å². The molecule has 0 aromatic heterocycles. The third-order valence-electron chi connectivity index (χ3n) is 3.70. The number of rotatable bonds is 1. The van der Waals surface area contributed by atoms with E-state index in [9.17, 15) is 14.7 Å². The second-order valence-corrected chi connectivity index (χ2v) is 8.24. The van der Waals surface area contributed by atoms with Crippen LogP contribution in [0.5, 0.6) is 0 Å². The third kappa shape index (κ3) is 8.39. The fraction of sp³-hybridized carbons (Fsp3) is 0.900. The Morgan fingerprint density at radius 2 is 1.69 bits per heavy atom. The summed E-state index contributed by atoms with van der Waals surface area (Å²) in [5.41, 5.74) is -0.633. The summed E-state index contributed by atoms with van der Waals surface area (Å²) in [7, 11) is 0. The van der Waals surface area contributed by atoms with Gasteiger partial charge in [-0.3, -0.25) is 4.90 Å². The topological polar surface area (TPSA) is 76.1 Å². The van der Waals surface area contributed by atoms with E-state index < -0.39 is 29.8 Å². The quantitative estimate of drug-likeness (QED) is 0.729. The molecular weight excluding hydrogens is 334 g/mol. The molecule has 2 aliphatic rings. The molecule has 6 heteroatoms. The first-order valence-electron chi connectivity index (χ1n) is 9.87. The lowest BCUT2D eigenvalue weighted by Crippen LogP contribution is -2.47. The summed E-state index contributed by atoms with van der Waals surface area (Å²) in [4.78, 5) is 25.0. The van der Waals surface area contributed by atoms with E-state index >= 15 is 0 Å². The number of nitrogens with zero attached hydrogens (tertiary/aromatic N) is 1. The molecular formula is C20H39NO5. The molecule has 3 unspecified atom stereocenters. The predicted molar refractivity (Wildman–Crippen MR) is 103 cm³/mol. The number of amides is 1. The SMILES string of the molecule is CC.CC(C)(C)OC(=O)N1CC2CCCCOC2C1C(=O)O.CC(C)C. The monoisotopic (exact) mass is 373 g/mol. The van der Waals surface area contributed by atoms with Crippen LogP contribution in [0.1, 0.15) is 74.7 Å². The first kappa shape index (κ1) is 24.7. The average molecular weight is 374 g/mol. The molecule has 0 bridgehead atoms. The van der Waals surface area contributed by atoms with Gasteiger partial charge >= 0.3 is 12.1 Å². The van der Waals surface area contributed by atoms with Gasteiger partial charge < -0.3 is 14.6 Å². The highest BCUT2D eigenvalue weighted by Gasteiger charge is 2.50. The van der Waals surface area contributed by atoms with Crippen LogP contribution in [-0.2, 0) is 14.3 Å². The van der Waals surface area contributed by atoms with Crippen LogP contribution >= 0.6 is 0 Å². The molecule has 2 heterocycles. The zero-order valence-electron chi connectivity index (χ0n) is 17.9. The third-order valence-corrected chi connectivity index (χ3v) is 3.70. The van der Waals surface area contributed by atoms with Gasteiger partial charge in [0.15, 0.2) is 6.04 Å². The summed E-state index contributed by atoms with van der Waals surface area (Å²) in [6.07, 6.45) is 1.87. The molecule has 0 aromatic carbocycles. The predicted octanol–water partition coefficient (Wildman–Crippen LogP) is 4.56. The van der Waals surface area contributed by atoms with Gasteiger partial charge in [-0.05, 0) is 39.5 Å². The Hall–Kier alpha value is -1.30. The lowest BCUT2D eigenvalue weighted by atomic mass is 9.97. The molecule has 2 aliphatic heterocycles. The second kappa shape index (κ2) is 11.4. The summed E-state index contributed by atoms with van der Waals surface area (Å²) in [5.74, 6) is -0.101. The molecule has 6 nitrogen and oxygen atoms in total. The number of carboxylic acid groups (broad SMARTS) is 1. The number of likely N-dealkylation sites (tertiary alicyclic amines) is 1. The smallest absolute Gasteiger partial charge is 0.411 e. The van der Waals surface area contributed by atoms with Crippen LogP contribution in [0.15, 0.2) is 0 Å². The van der Waals surface area contributed by atoms with Gasteiger partial charge in [0.2, 0.25) is 0 Å². The Morgan fingerprint density at radius 1 is 1.15 bits per heavy atom. The molecule has 0 radical (unpaired) electrons. The van der Waals surface area contributed by atoms with Crippen LogP contribution in [0.3, 0.4) is 0 Å². The van der Waals surface area contributed by atoms with Crippen LogP contribution in [-0.4, -0.2) is 53.0 Å². The number of carboxylic acids is 1. The van der Waals surface area contributed by atoms with Crippen molar-refractivity contribution in [1.29, 1.82) is 0 Å². The van der Waals surface area contributed by atoms with E-state index in [0.717, 1.165) is 25.2 Å². The molecule has 2 fully saturated rings. The van der Waals surface area contributed by atoms with Gasteiger partial charge in [0.05, 0.1) is 6.10 Å². The largest absolute Gasteiger partial charge is 0.480 e. The van der Waals surface area contributed by atoms with Gasteiger partial charge in [-0.15, -0.1) is 0 Å². The van der Waals surface area contributed by atoms with Crippen molar-refractivity contribution in [3.8, 4) is 0 Å². The minimum Gasteiger partial charge on any atom is -0.480 e. The fourth-order valence-corrected chi connectivity index (χ4v) is 2.90. The van der Waals surface area contributed by atoms with E-state index in [0.29, 0.717) is 13.2 Å². The molecule has 1 N–H and O–H groups in total. The van der Waals surface area contributed by atoms with Gasteiger partial charge in [-0.25, -0.2) is 9.59 Å². The molecule has 3 atom stereocenters. The molecule has 0 spiro atoms. The first-order valence-corrected chi connectivity index (χ1v) is 9.87. The number of hydrogen-bond donors (Lipinski definition) is 1. The molecule has 0 aromatic rings. The van der Waals surface area contributed by atoms with Crippen LogP contribution in [0.25, 0.3) is 0 Å². The maximum Gasteiger partial charge on any atom is 0.411 e. The molecule has 2 rings (SSSR count). The van der Waals surface area contributed by atoms with E-state index in [1.165, 1.54) is 4.90 Å². The number of carbonyl (C=O) groups excluding carboxylic acids is 1. The highest BCUT2D eigenvalue weighted by molar-refractivity contribution is 5.81. The standard InChI is InChI=1S/C14H23NO5.C4H10.C2H6/c1-14(2,3)20-13(18)15-8-9-6-4-5-7-19-11(9)10(15)12(16)17;1-4(2)3;1-2/h9-11H,4-8H2,1-3H3,(H,16,17);4H,1-3H3;1-2H3. The summed E-state index contributed by atoms with van der Waals surface area (Å²) in [6.45, 7) is 16.8. The molecule has 26 heavy (non-hydrogen) atoms. The fourth-order valence-electron chi connectivity index (χ4n) is 2.90. The number of ether oxygens (including phenoxy) is 2. The van der Waals surface area contributed by atoms with Crippen molar-refractivity contribution in [1.82, 2.24) is 4.90 Å². The van der Waals surface area contributed by atoms with Crippen molar-refractivity contribution in [2.24, 2.45) is 11.8 Å². The summed E-state index contributed by atoms with van der Waals surface area (Å²) < 4.78 is 11.0. The van der Waals surface area contributed by atoms with Gasteiger partial charge in [-0.1, -0.05) is 41.0 Å². The van der Waals surface area contributed by atoms with E-state index in [1.807, 2.05) is 13.8 Å². The Morgan fingerprint density at radius 3 is 2.15 bits per heavy atom. The van der Waals surface area contributed by atoms with Crippen LogP contribution < -0.4 is 0 Å². The highest BCUT2D eigenvalue weighted by Crippen LogP contribution is 2.33. The van der Waals surface area contributed by atoms with Gasteiger partial charge in [0.1, 0.15) is 5.60 Å². The van der Waals surface area contributed by atoms with E-state index in [2.05, 4.69) is 20.8 Å². The minimum absolute atomic E-state index is 0.0890. The summed E-state index contributed by atoms with van der Waals surface area (Å²) >= 11 is 0. The van der Waals surface area contributed by atoms with Gasteiger partial charge in [0, 0.05) is 19.1 Å². The molecule has 2 saturated heterocycles. The van der Waals surface area contributed by atoms with Crippen molar-refractivity contribution >= 4 is 12.1 Å². The number of fused-ring (bicyclic) bond motifs is 1. The Balaban J connectivity index is 0.000000920. The Labute approximate surface area is 159 Å². The minimum atomic E-state index is -1.02. The normalized spacial score (nSPS) is 25.1. The molecule has 154 valence electrons. The van der Waals surface area contributed by atoms with Crippen molar-refractivity contribution in [2.75, 3.05) is 13.2 Å². The van der Waals surface area contributed by atoms with Crippen molar-refractivity contribution in [3.63, 3.8) is 0 Å². The molecule has 1 amide bonds. The Kier molecular flexibility index (Phi) is 10.8. The van der Waals surface area contributed by atoms with Gasteiger partial charge in [0.25, 0.3) is 0 Å².